The summed E-state index contributed by atoms with van der Waals surface area (Å²) in [4.78, 5) is 13.9. The molecule has 4 heteroatoms. The van der Waals surface area contributed by atoms with Crippen LogP contribution in [-0.2, 0) is 0 Å². The molecule has 0 unspecified atom stereocenters. The number of amides is 1. The molecule has 0 atom stereocenters. The maximum Gasteiger partial charge on any atom is 0.254 e. The van der Waals surface area contributed by atoms with Gasteiger partial charge in [0.25, 0.3) is 5.91 Å². The fraction of sp³-hybridized carbons (Fsp3) is 0.214. The van der Waals surface area contributed by atoms with Gasteiger partial charge < -0.3 is 4.90 Å². The summed E-state index contributed by atoms with van der Waals surface area (Å²) in [5.74, 6) is -0.393. The minimum absolute atomic E-state index is 0.0920. The first-order valence-corrected chi connectivity index (χ1v) is 6.76. The van der Waals surface area contributed by atoms with Crippen molar-refractivity contribution in [2.24, 2.45) is 0 Å². The summed E-state index contributed by atoms with van der Waals surface area (Å²) >= 11 is 3.30. The van der Waals surface area contributed by atoms with Gasteiger partial charge in [-0.3, -0.25) is 4.79 Å². The third kappa shape index (κ3) is 2.38. The fourth-order valence-electron chi connectivity index (χ4n) is 1.88. The molecular formula is C14H13BrFNO. The molecule has 18 heavy (non-hydrogen) atoms. The van der Waals surface area contributed by atoms with Crippen molar-refractivity contribution in [1.29, 1.82) is 0 Å². The van der Waals surface area contributed by atoms with Gasteiger partial charge in [0.15, 0.2) is 0 Å². The van der Waals surface area contributed by atoms with Gasteiger partial charge in [0.1, 0.15) is 5.82 Å². The van der Waals surface area contributed by atoms with E-state index in [1.165, 1.54) is 6.07 Å². The summed E-state index contributed by atoms with van der Waals surface area (Å²) in [5.41, 5.74) is 0.537. The molecule has 0 saturated carbocycles. The van der Waals surface area contributed by atoms with Crippen LogP contribution in [0, 0.1) is 5.82 Å². The van der Waals surface area contributed by atoms with E-state index in [0.717, 1.165) is 0 Å². The van der Waals surface area contributed by atoms with E-state index in [2.05, 4.69) is 15.9 Å². The van der Waals surface area contributed by atoms with Crippen LogP contribution in [-0.4, -0.2) is 29.7 Å². The van der Waals surface area contributed by atoms with Crippen molar-refractivity contribution in [3.8, 4) is 0 Å². The zero-order chi connectivity index (χ0) is 13.1. The van der Waals surface area contributed by atoms with E-state index in [0.29, 0.717) is 28.2 Å². The Morgan fingerprint density at radius 3 is 2.56 bits per heavy atom. The third-order valence-corrected chi connectivity index (χ3v) is 3.22. The Balaban J connectivity index is 2.52. The SMILES string of the molecule is CN(CCBr)C(=O)c1ccc(F)c2ccccc12. The van der Waals surface area contributed by atoms with Crippen molar-refractivity contribution in [2.45, 2.75) is 0 Å². The molecule has 2 aromatic carbocycles. The molecule has 0 fully saturated rings. The third-order valence-electron chi connectivity index (χ3n) is 2.87. The zero-order valence-electron chi connectivity index (χ0n) is 9.99. The number of halogens is 2. The predicted octanol–water partition coefficient (Wildman–Crippen LogP) is 3.45. The second-order valence-electron chi connectivity index (χ2n) is 4.06. The van der Waals surface area contributed by atoms with E-state index in [4.69, 9.17) is 0 Å². The van der Waals surface area contributed by atoms with Gasteiger partial charge in [-0.1, -0.05) is 40.2 Å². The van der Waals surface area contributed by atoms with Crippen molar-refractivity contribution in [3.05, 3.63) is 47.8 Å². The molecular weight excluding hydrogens is 297 g/mol. The van der Waals surface area contributed by atoms with E-state index >= 15 is 0 Å². The van der Waals surface area contributed by atoms with Gasteiger partial charge in [-0.15, -0.1) is 0 Å². The standard InChI is InChI=1S/C14H13BrFNO/c1-17(9-8-15)14(18)12-6-7-13(16)11-5-3-2-4-10(11)12/h2-7H,8-9H2,1H3. The number of rotatable bonds is 3. The van der Waals surface area contributed by atoms with Gasteiger partial charge in [0.2, 0.25) is 0 Å². The van der Waals surface area contributed by atoms with Crippen LogP contribution in [0.2, 0.25) is 0 Å². The highest BCUT2D eigenvalue weighted by Crippen LogP contribution is 2.22. The molecule has 0 aliphatic rings. The van der Waals surface area contributed by atoms with E-state index in [9.17, 15) is 9.18 Å². The minimum Gasteiger partial charge on any atom is -0.341 e. The lowest BCUT2D eigenvalue weighted by Crippen LogP contribution is -2.28. The molecule has 0 spiro atoms. The molecule has 0 bridgehead atoms. The Morgan fingerprint density at radius 1 is 1.22 bits per heavy atom. The molecule has 1 amide bonds. The van der Waals surface area contributed by atoms with Crippen LogP contribution in [0.15, 0.2) is 36.4 Å². The second kappa shape index (κ2) is 5.48. The van der Waals surface area contributed by atoms with Crippen LogP contribution < -0.4 is 0 Å². The molecule has 94 valence electrons. The summed E-state index contributed by atoms with van der Waals surface area (Å²) in [6.45, 7) is 0.616. The fourth-order valence-corrected chi connectivity index (χ4v) is 2.41. The summed E-state index contributed by atoms with van der Waals surface area (Å²) in [6, 6.07) is 9.92. The molecule has 0 radical (unpaired) electrons. The van der Waals surface area contributed by atoms with Gasteiger partial charge in [-0.2, -0.15) is 0 Å². The number of hydrogen-bond donors (Lipinski definition) is 0. The van der Waals surface area contributed by atoms with Gasteiger partial charge in [0.05, 0.1) is 0 Å². The van der Waals surface area contributed by atoms with Crippen LogP contribution in [0.3, 0.4) is 0 Å². The topological polar surface area (TPSA) is 20.3 Å². The van der Waals surface area contributed by atoms with Gasteiger partial charge >= 0.3 is 0 Å². The van der Waals surface area contributed by atoms with Gasteiger partial charge in [0, 0.05) is 29.9 Å². The number of alkyl halides is 1. The molecule has 0 aromatic heterocycles. The lowest BCUT2D eigenvalue weighted by atomic mass is 10.0. The van der Waals surface area contributed by atoms with Crippen molar-refractivity contribution in [1.82, 2.24) is 4.90 Å². The Hall–Kier alpha value is -1.42. The number of benzene rings is 2. The second-order valence-corrected chi connectivity index (χ2v) is 4.85. The van der Waals surface area contributed by atoms with Crippen molar-refractivity contribution >= 4 is 32.6 Å². The molecule has 0 N–H and O–H groups in total. The predicted molar refractivity (Wildman–Crippen MR) is 74.7 cm³/mol. The first-order valence-electron chi connectivity index (χ1n) is 5.64. The van der Waals surface area contributed by atoms with Gasteiger partial charge in [-0.25, -0.2) is 4.39 Å². The molecule has 0 aliphatic carbocycles. The summed E-state index contributed by atoms with van der Waals surface area (Å²) in [5, 5.41) is 1.86. The first-order chi connectivity index (χ1) is 8.65. The maximum absolute atomic E-state index is 13.6. The van der Waals surface area contributed by atoms with Crippen LogP contribution in [0.5, 0.6) is 0 Å². The molecule has 2 rings (SSSR count). The highest BCUT2D eigenvalue weighted by Gasteiger charge is 2.15. The Morgan fingerprint density at radius 2 is 1.89 bits per heavy atom. The zero-order valence-corrected chi connectivity index (χ0v) is 11.6. The number of hydrogen-bond acceptors (Lipinski definition) is 1. The highest BCUT2D eigenvalue weighted by molar-refractivity contribution is 9.09. The number of carbonyl (C=O) groups is 1. The monoisotopic (exact) mass is 309 g/mol. The smallest absolute Gasteiger partial charge is 0.254 e. The maximum atomic E-state index is 13.6. The normalized spacial score (nSPS) is 10.6. The Kier molecular flexibility index (Phi) is 3.97. The van der Waals surface area contributed by atoms with Crippen molar-refractivity contribution < 1.29 is 9.18 Å². The van der Waals surface area contributed by atoms with Crippen LogP contribution in [0.1, 0.15) is 10.4 Å². The van der Waals surface area contributed by atoms with Gasteiger partial charge in [-0.05, 0) is 17.5 Å². The van der Waals surface area contributed by atoms with Crippen LogP contribution >= 0.6 is 15.9 Å². The van der Waals surface area contributed by atoms with Crippen molar-refractivity contribution in [3.63, 3.8) is 0 Å². The van der Waals surface area contributed by atoms with Crippen LogP contribution in [0.25, 0.3) is 10.8 Å². The van der Waals surface area contributed by atoms with E-state index in [1.807, 2.05) is 6.07 Å². The number of carbonyl (C=O) groups excluding carboxylic acids is 1. The average Bonchev–Trinajstić information content (AvgIpc) is 2.39. The summed E-state index contributed by atoms with van der Waals surface area (Å²) < 4.78 is 13.6. The summed E-state index contributed by atoms with van der Waals surface area (Å²) in [6.07, 6.45) is 0. The number of nitrogens with zero attached hydrogens (tertiary/aromatic N) is 1. The highest BCUT2D eigenvalue weighted by atomic mass is 79.9. The first kappa shape index (κ1) is 13.0. The summed E-state index contributed by atoms with van der Waals surface area (Å²) in [7, 11) is 1.74. The lowest BCUT2D eigenvalue weighted by molar-refractivity contribution is 0.0806. The molecule has 2 aromatic rings. The van der Waals surface area contributed by atoms with Crippen molar-refractivity contribution in [2.75, 3.05) is 18.9 Å². The Labute approximate surface area is 114 Å². The molecule has 0 aliphatic heterocycles. The van der Waals surface area contributed by atoms with E-state index in [-0.39, 0.29) is 11.7 Å². The molecule has 0 saturated heterocycles. The number of fused-ring (bicyclic) bond motifs is 1. The van der Waals surface area contributed by atoms with E-state index in [1.54, 1.807) is 36.2 Å². The Bertz CT molecular complexity index is 585. The lowest BCUT2D eigenvalue weighted by Gasteiger charge is -2.17. The average molecular weight is 310 g/mol. The van der Waals surface area contributed by atoms with E-state index < -0.39 is 0 Å². The largest absolute Gasteiger partial charge is 0.341 e. The van der Waals surface area contributed by atoms with Crippen LogP contribution in [0.4, 0.5) is 4.39 Å². The quantitative estimate of drug-likeness (QED) is 0.795. The molecule has 2 nitrogen and oxygen atoms in total. The molecule has 0 heterocycles. The minimum atomic E-state index is -0.301.